The zero-order valence-electron chi connectivity index (χ0n) is 10.7. The summed E-state index contributed by atoms with van der Waals surface area (Å²) in [6, 6.07) is 22.8. The Bertz CT molecular complexity index is 689. The van der Waals surface area contributed by atoms with E-state index in [0.717, 1.165) is 10.6 Å². The molecule has 3 rings (SSSR count). The molecule has 0 aliphatic heterocycles. The van der Waals surface area contributed by atoms with Gasteiger partial charge in [-0.1, -0.05) is 48.0 Å². The Morgan fingerprint density at radius 3 is 2.32 bits per heavy atom. The van der Waals surface area contributed by atoms with Gasteiger partial charge in [-0.05, 0) is 42.0 Å². The Labute approximate surface area is 117 Å². The minimum atomic E-state index is 0.879. The smallest absolute Gasteiger partial charge is 0.138 e. The fourth-order valence-electron chi connectivity index (χ4n) is 1.91. The molecule has 0 saturated heterocycles. The summed E-state index contributed by atoms with van der Waals surface area (Å²) in [5, 5.41) is 2.43. The number of fused-ring (bicyclic) bond motifs is 1. The first-order chi connectivity index (χ1) is 9.31. The van der Waals surface area contributed by atoms with E-state index in [4.69, 9.17) is 4.18 Å². The van der Waals surface area contributed by atoms with Crippen LogP contribution in [0.2, 0.25) is 0 Å². The number of benzene rings is 3. The Hall–Kier alpha value is -1.93. The second-order valence-electron chi connectivity index (χ2n) is 4.49. The molecular weight excluding hydrogens is 252 g/mol. The summed E-state index contributed by atoms with van der Waals surface area (Å²) < 4.78 is 5.76. The largest absolute Gasteiger partial charge is 0.421 e. The molecule has 19 heavy (non-hydrogen) atoms. The Morgan fingerprint density at radius 1 is 0.789 bits per heavy atom. The minimum absolute atomic E-state index is 0.879. The summed E-state index contributed by atoms with van der Waals surface area (Å²) in [7, 11) is 0. The van der Waals surface area contributed by atoms with Gasteiger partial charge in [0, 0.05) is 4.90 Å². The molecule has 0 heterocycles. The van der Waals surface area contributed by atoms with Crippen molar-refractivity contribution in [3.05, 3.63) is 72.3 Å². The van der Waals surface area contributed by atoms with Crippen molar-refractivity contribution in [2.24, 2.45) is 0 Å². The highest BCUT2D eigenvalue weighted by molar-refractivity contribution is 7.95. The molecule has 0 amide bonds. The molecule has 3 aromatic carbocycles. The highest BCUT2D eigenvalue weighted by Gasteiger charge is 1.99. The Morgan fingerprint density at radius 2 is 1.53 bits per heavy atom. The first-order valence-electron chi connectivity index (χ1n) is 6.21. The van der Waals surface area contributed by atoms with E-state index in [9.17, 15) is 0 Å². The molecule has 0 spiro atoms. The number of aryl methyl sites for hydroxylation is 1. The normalized spacial score (nSPS) is 10.6. The molecule has 94 valence electrons. The van der Waals surface area contributed by atoms with Crippen LogP contribution >= 0.6 is 12.0 Å². The van der Waals surface area contributed by atoms with Gasteiger partial charge in [0.2, 0.25) is 0 Å². The van der Waals surface area contributed by atoms with Crippen molar-refractivity contribution in [2.45, 2.75) is 11.8 Å². The molecular formula is C17H14OS. The summed E-state index contributed by atoms with van der Waals surface area (Å²) in [4.78, 5) is 1.11. The molecule has 0 unspecified atom stereocenters. The maximum atomic E-state index is 5.76. The van der Waals surface area contributed by atoms with Crippen LogP contribution in [0.3, 0.4) is 0 Å². The van der Waals surface area contributed by atoms with E-state index >= 15 is 0 Å². The van der Waals surface area contributed by atoms with Gasteiger partial charge in [-0.3, -0.25) is 0 Å². The van der Waals surface area contributed by atoms with E-state index in [0.29, 0.717) is 0 Å². The van der Waals surface area contributed by atoms with E-state index in [1.807, 2.05) is 18.2 Å². The maximum Gasteiger partial charge on any atom is 0.138 e. The topological polar surface area (TPSA) is 9.23 Å². The van der Waals surface area contributed by atoms with Crippen molar-refractivity contribution in [3.63, 3.8) is 0 Å². The van der Waals surface area contributed by atoms with Gasteiger partial charge in [0.05, 0.1) is 12.0 Å². The van der Waals surface area contributed by atoms with Crippen LogP contribution in [-0.2, 0) is 0 Å². The Balaban J connectivity index is 1.76. The zero-order chi connectivity index (χ0) is 13.1. The number of rotatable bonds is 3. The summed E-state index contributed by atoms with van der Waals surface area (Å²) in [6.07, 6.45) is 0. The van der Waals surface area contributed by atoms with Crippen molar-refractivity contribution >= 4 is 22.8 Å². The van der Waals surface area contributed by atoms with Crippen LogP contribution in [-0.4, -0.2) is 0 Å². The third kappa shape index (κ3) is 2.91. The van der Waals surface area contributed by atoms with Crippen LogP contribution in [0.25, 0.3) is 10.8 Å². The number of hydrogen-bond donors (Lipinski definition) is 0. The van der Waals surface area contributed by atoms with Crippen LogP contribution in [0.15, 0.2) is 71.6 Å². The van der Waals surface area contributed by atoms with Gasteiger partial charge in [-0.25, -0.2) is 0 Å². The van der Waals surface area contributed by atoms with Gasteiger partial charge < -0.3 is 4.18 Å². The van der Waals surface area contributed by atoms with Crippen LogP contribution in [0.4, 0.5) is 0 Å². The van der Waals surface area contributed by atoms with E-state index in [1.165, 1.54) is 28.4 Å². The average molecular weight is 266 g/mol. The van der Waals surface area contributed by atoms with Crippen LogP contribution < -0.4 is 4.18 Å². The molecule has 0 saturated carbocycles. The van der Waals surface area contributed by atoms with Crippen LogP contribution in [0.1, 0.15) is 5.56 Å². The first-order valence-corrected chi connectivity index (χ1v) is 6.95. The molecule has 0 aromatic heterocycles. The molecule has 0 atom stereocenters. The molecule has 0 radical (unpaired) electrons. The molecule has 0 fully saturated rings. The third-order valence-corrected chi connectivity index (χ3v) is 3.72. The monoisotopic (exact) mass is 266 g/mol. The lowest BCUT2D eigenvalue weighted by Crippen LogP contribution is -1.82. The van der Waals surface area contributed by atoms with Crippen molar-refractivity contribution < 1.29 is 4.18 Å². The quantitative estimate of drug-likeness (QED) is 0.600. The van der Waals surface area contributed by atoms with Crippen molar-refractivity contribution in [3.8, 4) is 5.75 Å². The molecule has 3 aromatic rings. The summed E-state index contributed by atoms with van der Waals surface area (Å²) in [5.74, 6) is 0.879. The second-order valence-corrected chi connectivity index (χ2v) is 5.29. The van der Waals surface area contributed by atoms with Gasteiger partial charge in [0.25, 0.3) is 0 Å². The van der Waals surface area contributed by atoms with Gasteiger partial charge in [-0.15, -0.1) is 0 Å². The third-order valence-electron chi connectivity index (χ3n) is 2.98. The predicted octanol–water partition coefficient (Wildman–Crippen LogP) is 5.23. The molecule has 0 bridgehead atoms. The molecule has 1 nitrogen and oxygen atoms in total. The molecule has 0 N–H and O–H groups in total. The second kappa shape index (κ2) is 5.37. The fourth-order valence-corrected chi connectivity index (χ4v) is 2.45. The van der Waals surface area contributed by atoms with Crippen molar-refractivity contribution in [1.82, 2.24) is 0 Å². The van der Waals surface area contributed by atoms with Crippen LogP contribution in [0.5, 0.6) is 5.75 Å². The maximum absolute atomic E-state index is 5.76. The van der Waals surface area contributed by atoms with E-state index in [2.05, 4.69) is 55.5 Å². The van der Waals surface area contributed by atoms with Crippen molar-refractivity contribution in [2.75, 3.05) is 0 Å². The summed E-state index contributed by atoms with van der Waals surface area (Å²) >= 11 is 1.39. The molecule has 0 aliphatic rings. The Kier molecular flexibility index (Phi) is 3.43. The lowest BCUT2D eigenvalue weighted by Gasteiger charge is -2.05. The summed E-state index contributed by atoms with van der Waals surface area (Å²) in [5.41, 5.74) is 1.26. The fraction of sp³-hybridized carbons (Fsp3) is 0.0588. The highest BCUT2D eigenvalue weighted by atomic mass is 32.2. The summed E-state index contributed by atoms with van der Waals surface area (Å²) in [6.45, 7) is 2.08. The van der Waals surface area contributed by atoms with E-state index < -0.39 is 0 Å². The van der Waals surface area contributed by atoms with Crippen molar-refractivity contribution in [1.29, 1.82) is 0 Å². The average Bonchev–Trinajstić information content (AvgIpc) is 2.46. The highest BCUT2D eigenvalue weighted by Crippen LogP contribution is 2.26. The van der Waals surface area contributed by atoms with Gasteiger partial charge in [0.1, 0.15) is 5.75 Å². The molecule has 2 heteroatoms. The van der Waals surface area contributed by atoms with Crippen LogP contribution in [0, 0.1) is 6.92 Å². The molecule has 0 aliphatic carbocycles. The zero-order valence-corrected chi connectivity index (χ0v) is 11.5. The lowest BCUT2D eigenvalue weighted by molar-refractivity contribution is 0.647. The predicted molar refractivity (Wildman–Crippen MR) is 81.6 cm³/mol. The standard InChI is InChI=1S/C17H14OS/c1-13-6-10-17(11-7-13)19-18-16-9-8-14-4-2-3-5-15(14)12-16/h2-12H,1H3. The number of hydrogen-bond acceptors (Lipinski definition) is 2. The lowest BCUT2D eigenvalue weighted by atomic mass is 10.1. The van der Waals surface area contributed by atoms with Gasteiger partial charge in [-0.2, -0.15) is 0 Å². The van der Waals surface area contributed by atoms with Gasteiger partial charge >= 0.3 is 0 Å². The SMILES string of the molecule is Cc1ccc(SOc2ccc3ccccc3c2)cc1. The van der Waals surface area contributed by atoms with E-state index in [-0.39, 0.29) is 0 Å². The first kappa shape index (κ1) is 12.1. The van der Waals surface area contributed by atoms with E-state index in [1.54, 1.807) is 0 Å². The minimum Gasteiger partial charge on any atom is -0.421 e. The van der Waals surface area contributed by atoms with Gasteiger partial charge in [0.15, 0.2) is 0 Å².